The van der Waals surface area contributed by atoms with E-state index in [1.165, 1.54) is 5.56 Å². The standard InChI is InChI=1S/C17H22N6O3/c1-2-26-16(25)15(24)18-17-20-19-13-11-7-3-4-8-12(11)14(21-23(13)17)22-9-5-6-10-22/h2-10H2,1H3,(H,18,20,24). The predicted molar refractivity (Wildman–Crippen MR) is 94.1 cm³/mol. The van der Waals surface area contributed by atoms with Crippen LogP contribution in [0.25, 0.3) is 5.65 Å². The van der Waals surface area contributed by atoms with E-state index in [-0.39, 0.29) is 12.6 Å². The molecular weight excluding hydrogens is 336 g/mol. The van der Waals surface area contributed by atoms with Crippen molar-refractivity contribution in [2.24, 2.45) is 0 Å². The Labute approximate surface area is 150 Å². The Balaban J connectivity index is 1.75. The first-order valence-corrected chi connectivity index (χ1v) is 9.19. The van der Waals surface area contributed by atoms with Crippen molar-refractivity contribution in [1.29, 1.82) is 0 Å². The number of nitrogens with one attached hydrogen (secondary N) is 1. The molecule has 0 saturated carbocycles. The van der Waals surface area contributed by atoms with Crippen molar-refractivity contribution < 1.29 is 14.3 Å². The molecule has 0 radical (unpaired) electrons. The van der Waals surface area contributed by atoms with Crippen molar-refractivity contribution in [2.75, 3.05) is 29.9 Å². The van der Waals surface area contributed by atoms with Gasteiger partial charge < -0.3 is 9.64 Å². The summed E-state index contributed by atoms with van der Waals surface area (Å²) in [5.41, 5.74) is 3.06. The SMILES string of the molecule is CCOC(=O)C(=O)Nc1nnc2c3c(c(N4CCCC4)nn12)CCCC3. The van der Waals surface area contributed by atoms with Gasteiger partial charge in [-0.3, -0.25) is 10.1 Å². The molecule has 3 heterocycles. The van der Waals surface area contributed by atoms with Gasteiger partial charge in [0.05, 0.1) is 6.61 Å². The third-order valence-electron chi connectivity index (χ3n) is 4.93. The molecule has 1 aliphatic heterocycles. The van der Waals surface area contributed by atoms with Gasteiger partial charge in [0.15, 0.2) is 11.5 Å². The van der Waals surface area contributed by atoms with E-state index in [2.05, 4.69) is 20.4 Å². The number of hydrogen-bond acceptors (Lipinski definition) is 7. The zero-order valence-electron chi connectivity index (χ0n) is 14.8. The fraction of sp³-hybridized carbons (Fsp3) is 0.588. The topological polar surface area (TPSA) is 102 Å². The molecule has 0 aromatic carbocycles. The van der Waals surface area contributed by atoms with Crippen LogP contribution in [0.5, 0.6) is 0 Å². The number of amides is 1. The molecule has 2 aromatic heterocycles. The van der Waals surface area contributed by atoms with Gasteiger partial charge in [-0.05, 0) is 45.4 Å². The highest BCUT2D eigenvalue weighted by Gasteiger charge is 2.27. The number of hydrogen-bond donors (Lipinski definition) is 1. The van der Waals surface area contributed by atoms with Gasteiger partial charge in [-0.25, -0.2) is 4.79 Å². The smallest absolute Gasteiger partial charge is 0.397 e. The summed E-state index contributed by atoms with van der Waals surface area (Å²) < 4.78 is 6.27. The normalized spacial score (nSPS) is 16.6. The average molecular weight is 358 g/mol. The molecule has 0 bridgehead atoms. The van der Waals surface area contributed by atoms with Crippen LogP contribution in [0, 0.1) is 0 Å². The van der Waals surface area contributed by atoms with E-state index in [1.54, 1.807) is 11.4 Å². The third-order valence-corrected chi connectivity index (χ3v) is 4.93. The Morgan fingerprint density at radius 1 is 1.08 bits per heavy atom. The molecule has 1 amide bonds. The van der Waals surface area contributed by atoms with Crippen molar-refractivity contribution >= 4 is 29.3 Å². The molecule has 1 saturated heterocycles. The summed E-state index contributed by atoms with van der Waals surface area (Å²) in [5.74, 6) is -0.714. The van der Waals surface area contributed by atoms with E-state index in [9.17, 15) is 9.59 Å². The van der Waals surface area contributed by atoms with Crippen molar-refractivity contribution in [3.63, 3.8) is 0 Å². The van der Waals surface area contributed by atoms with Crippen LogP contribution in [0.3, 0.4) is 0 Å². The molecule has 2 aliphatic rings. The predicted octanol–water partition coefficient (Wildman–Crippen LogP) is 1.10. The number of aryl methyl sites for hydroxylation is 1. The zero-order valence-corrected chi connectivity index (χ0v) is 14.8. The van der Waals surface area contributed by atoms with Crippen LogP contribution in [-0.2, 0) is 27.2 Å². The molecule has 4 rings (SSSR count). The van der Waals surface area contributed by atoms with Gasteiger partial charge >= 0.3 is 11.9 Å². The van der Waals surface area contributed by atoms with Gasteiger partial charge in [0.1, 0.15) is 0 Å². The summed E-state index contributed by atoms with van der Waals surface area (Å²) in [6, 6.07) is 0. The molecular formula is C17H22N6O3. The van der Waals surface area contributed by atoms with Crippen LogP contribution in [0.2, 0.25) is 0 Å². The lowest BCUT2D eigenvalue weighted by Crippen LogP contribution is -2.27. The molecule has 0 spiro atoms. The van der Waals surface area contributed by atoms with Crippen molar-refractivity contribution in [2.45, 2.75) is 45.4 Å². The maximum atomic E-state index is 12.0. The van der Waals surface area contributed by atoms with E-state index in [4.69, 9.17) is 9.84 Å². The minimum Gasteiger partial charge on any atom is -0.459 e. The van der Waals surface area contributed by atoms with E-state index in [1.807, 2.05) is 0 Å². The Morgan fingerprint density at radius 2 is 1.81 bits per heavy atom. The lowest BCUT2D eigenvalue weighted by molar-refractivity contribution is -0.152. The number of aromatic nitrogens is 4. The second kappa shape index (κ2) is 6.89. The summed E-state index contributed by atoms with van der Waals surface area (Å²) in [4.78, 5) is 25.9. The highest BCUT2D eigenvalue weighted by Crippen LogP contribution is 2.33. The number of nitrogens with zero attached hydrogens (tertiary/aromatic N) is 5. The number of esters is 1. The summed E-state index contributed by atoms with van der Waals surface area (Å²) in [7, 11) is 0. The van der Waals surface area contributed by atoms with Crippen LogP contribution < -0.4 is 10.2 Å². The Bertz CT molecular complexity index is 856. The highest BCUT2D eigenvalue weighted by molar-refractivity contribution is 6.37. The van der Waals surface area contributed by atoms with Crippen LogP contribution in [0.4, 0.5) is 11.8 Å². The molecule has 1 aliphatic carbocycles. The molecule has 26 heavy (non-hydrogen) atoms. The second-order valence-electron chi connectivity index (χ2n) is 6.62. The molecule has 138 valence electrons. The van der Waals surface area contributed by atoms with Gasteiger partial charge in [0.2, 0.25) is 0 Å². The summed E-state index contributed by atoms with van der Waals surface area (Å²) >= 11 is 0. The molecule has 1 N–H and O–H groups in total. The Hall–Kier alpha value is -2.71. The molecule has 9 nitrogen and oxygen atoms in total. The summed E-state index contributed by atoms with van der Waals surface area (Å²) in [5, 5.41) is 15.5. The van der Waals surface area contributed by atoms with E-state index < -0.39 is 11.9 Å². The molecule has 9 heteroatoms. The quantitative estimate of drug-likeness (QED) is 0.647. The monoisotopic (exact) mass is 358 g/mol. The largest absolute Gasteiger partial charge is 0.459 e. The molecule has 0 unspecified atom stereocenters. The number of carbonyl (C=O) groups is 2. The van der Waals surface area contributed by atoms with E-state index >= 15 is 0 Å². The lowest BCUT2D eigenvalue weighted by Gasteiger charge is -2.25. The Kier molecular flexibility index (Phi) is 4.44. The average Bonchev–Trinajstić information content (AvgIpc) is 3.31. The fourth-order valence-corrected chi connectivity index (χ4v) is 3.73. The number of ether oxygens (including phenoxy) is 1. The first-order chi connectivity index (χ1) is 12.7. The number of anilines is 2. The Morgan fingerprint density at radius 3 is 2.54 bits per heavy atom. The molecule has 0 atom stereocenters. The van der Waals surface area contributed by atoms with Gasteiger partial charge in [0, 0.05) is 24.2 Å². The first-order valence-electron chi connectivity index (χ1n) is 9.19. The summed E-state index contributed by atoms with van der Waals surface area (Å²) in [6.07, 6.45) is 6.47. The lowest BCUT2D eigenvalue weighted by atomic mass is 9.93. The van der Waals surface area contributed by atoms with Gasteiger partial charge in [0.25, 0.3) is 5.95 Å². The van der Waals surface area contributed by atoms with E-state index in [0.717, 1.165) is 63.0 Å². The van der Waals surface area contributed by atoms with Crippen LogP contribution >= 0.6 is 0 Å². The maximum absolute atomic E-state index is 12.0. The number of fused-ring (bicyclic) bond motifs is 3. The van der Waals surface area contributed by atoms with Crippen molar-refractivity contribution in [3.05, 3.63) is 11.1 Å². The first kappa shape index (κ1) is 16.7. The maximum Gasteiger partial charge on any atom is 0.397 e. The minimum absolute atomic E-state index is 0.137. The van der Waals surface area contributed by atoms with Gasteiger partial charge in [-0.2, -0.15) is 4.52 Å². The molecule has 2 aromatic rings. The fourth-order valence-electron chi connectivity index (χ4n) is 3.73. The minimum atomic E-state index is -0.943. The highest BCUT2D eigenvalue weighted by atomic mass is 16.5. The molecule has 1 fully saturated rings. The second-order valence-corrected chi connectivity index (χ2v) is 6.62. The summed E-state index contributed by atoms with van der Waals surface area (Å²) in [6.45, 7) is 3.75. The number of rotatable bonds is 3. The van der Waals surface area contributed by atoms with Crippen molar-refractivity contribution in [1.82, 2.24) is 19.8 Å². The van der Waals surface area contributed by atoms with Crippen molar-refractivity contribution in [3.8, 4) is 0 Å². The number of carbonyl (C=O) groups excluding carboxylic acids is 2. The van der Waals surface area contributed by atoms with Gasteiger partial charge in [-0.1, -0.05) is 0 Å². The van der Waals surface area contributed by atoms with E-state index in [0.29, 0.717) is 5.65 Å². The third kappa shape index (κ3) is 2.87. The van der Waals surface area contributed by atoms with Gasteiger partial charge in [-0.15, -0.1) is 15.3 Å². The van der Waals surface area contributed by atoms with Crippen LogP contribution in [-0.4, -0.2) is 51.4 Å². The zero-order chi connectivity index (χ0) is 18.1. The van der Waals surface area contributed by atoms with Crippen LogP contribution in [0.15, 0.2) is 0 Å². The van der Waals surface area contributed by atoms with Crippen LogP contribution in [0.1, 0.15) is 43.7 Å².